The van der Waals surface area contributed by atoms with Crippen molar-refractivity contribution < 1.29 is 9.53 Å². The van der Waals surface area contributed by atoms with Crippen LogP contribution in [0.15, 0.2) is 18.2 Å². The number of Topliss-reactive ketones (excluding diaryl/α,β-unsaturated/α-hetero) is 1. The van der Waals surface area contributed by atoms with Gasteiger partial charge in [0.15, 0.2) is 0 Å². The van der Waals surface area contributed by atoms with Gasteiger partial charge in [0.2, 0.25) is 0 Å². The van der Waals surface area contributed by atoms with Crippen LogP contribution >= 0.6 is 0 Å². The molecular formula is C14H21NO2. The first-order chi connectivity index (χ1) is 8.08. The summed E-state index contributed by atoms with van der Waals surface area (Å²) in [6.45, 7) is 3.68. The molecule has 1 rings (SSSR count). The molecule has 3 heteroatoms. The summed E-state index contributed by atoms with van der Waals surface area (Å²) in [6, 6.07) is 6.27. The largest absolute Gasteiger partial charge is 0.496 e. The summed E-state index contributed by atoms with van der Waals surface area (Å²) in [7, 11) is 3.58. The van der Waals surface area contributed by atoms with E-state index in [1.807, 2.05) is 19.2 Å². The van der Waals surface area contributed by atoms with Gasteiger partial charge in [-0.3, -0.25) is 0 Å². The van der Waals surface area contributed by atoms with E-state index >= 15 is 0 Å². The minimum atomic E-state index is 0.161. The molecule has 94 valence electrons. The molecule has 0 aliphatic carbocycles. The number of hydrogen-bond donors (Lipinski definition) is 1. The predicted molar refractivity (Wildman–Crippen MR) is 69.4 cm³/mol. The third-order valence-corrected chi connectivity index (χ3v) is 2.89. The average molecular weight is 235 g/mol. The van der Waals surface area contributed by atoms with E-state index in [1.165, 1.54) is 5.56 Å². The van der Waals surface area contributed by atoms with Crippen molar-refractivity contribution >= 4 is 5.78 Å². The second-order valence-electron chi connectivity index (χ2n) is 4.33. The number of nitrogens with one attached hydrogen (secondary N) is 1. The third kappa shape index (κ3) is 3.86. The van der Waals surface area contributed by atoms with Crippen LogP contribution in [0.3, 0.4) is 0 Å². The molecule has 0 aliphatic heterocycles. The highest BCUT2D eigenvalue weighted by atomic mass is 16.5. The van der Waals surface area contributed by atoms with Crippen molar-refractivity contribution in [2.24, 2.45) is 0 Å². The zero-order valence-electron chi connectivity index (χ0n) is 11.0. The van der Waals surface area contributed by atoms with Crippen molar-refractivity contribution in [3.63, 3.8) is 0 Å². The van der Waals surface area contributed by atoms with E-state index in [2.05, 4.69) is 18.3 Å². The molecule has 0 saturated carbocycles. The number of methoxy groups -OCH3 is 1. The molecule has 1 aromatic rings. The molecule has 0 fully saturated rings. The van der Waals surface area contributed by atoms with Gasteiger partial charge in [0.25, 0.3) is 0 Å². The molecule has 0 heterocycles. The summed E-state index contributed by atoms with van der Waals surface area (Å²) in [5, 5.41) is 3.24. The number of ketones is 1. The van der Waals surface area contributed by atoms with Gasteiger partial charge in [-0.2, -0.15) is 0 Å². The Kier molecular flexibility index (Phi) is 5.16. The summed E-state index contributed by atoms with van der Waals surface area (Å²) in [5.74, 6) is 1.09. The van der Waals surface area contributed by atoms with E-state index in [1.54, 1.807) is 14.0 Å². The maximum Gasteiger partial charge on any atom is 0.129 e. The smallest absolute Gasteiger partial charge is 0.129 e. The maximum atomic E-state index is 11.1. The van der Waals surface area contributed by atoms with Gasteiger partial charge in [0.1, 0.15) is 11.5 Å². The van der Waals surface area contributed by atoms with Crippen molar-refractivity contribution in [1.29, 1.82) is 0 Å². The van der Waals surface area contributed by atoms with E-state index in [9.17, 15) is 4.79 Å². The molecule has 3 nitrogen and oxygen atoms in total. The van der Waals surface area contributed by atoms with Crippen molar-refractivity contribution in [1.82, 2.24) is 5.32 Å². The van der Waals surface area contributed by atoms with Crippen molar-refractivity contribution in [3.05, 3.63) is 29.3 Å². The van der Waals surface area contributed by atoms with Crippen LogP contribution in [0.4, 0.5) is 0 Å². The molecule has 1 unspecified atom stereocenters. The molecule has 1 N–H and O–H groups in total. The highest BCUT2D eigenvalue weighted by Gasteiger charge is 2.15. The van der Waals surface area contributed by atoms with Gasteiger partial charge in [-0.25, -0.2) is 0 Å². The molecule has 1 aromatic carbocycles. The monoisotopic (exact) mass is 235 g/mol. The van der Waals surface area contributed by atoms with Crippen molar-refractivity contribution in [2.45, 2.75) is 32.7 Å². The lowest BCUT2D eigenvalue weighted by atomic mass is 9.98. The molecule has 0 spiro atoms. The van der Waals surface area contributed by atoms with Gasteiger partial charge in [0, 0.05) is 18.0 Å². The number of carbonyl (C=O) groups is 1. The topological polar surface area (TPSA) is 38.3 Å². The normalized spacial score (nSPS) is 12.2. The zero-order valence-corrected chi connectivity index (χ0v) is 11.0. The van der Waals surface area contributed by atoms with Gasteiger partial charge < -0.3 is 14.8 Å². The first-order valence-corrected chi connectivity index (χ1v) is 5.89. The Morgan fingerprint density at radius 2 is 2.18 bits per heavy atom. The SMILES string of the molecule is CNC(CCC(C)=O)c1cc(C)ccc1OC. The van der Waals surface area contributed by atoms with Crippen LogP contribution in [0.5, 0.6) is 5.75 Å². The predicted octanol–water partition coefficient (Wildman–Crippen LogP) is 2.63. The molecule has 0 amide bonds. The van der Waals surface area contributed by atoms with Crippen LogP contribution in [0.1, 0.15) is 36.9 Å². The van der Waals surface area contributed by atoms with E-state index < -0.39 is 0 Å². The average Bonchev–Trinajstić information content (AvgIpc) is 2.30. The number of carbonyl (C=O) groups excluding carboxylic acids is 1. The third-order valence-electron chi connectivity index (χ3n) is 2.89. The number of ether oxygens (including phenoxy) is 1. The minimum Gasteiger partial charge on any atom is -0.496 e. The Bertz CT molecular complexity index is 388. The standard InChI is InChI=1S/C14H21NO2/c1-10-5-8-14(17-4)12(9-10)13(15-3)7-6-11(2)16/h5,8-9,13,15H,6-7H2,1-4H3. The summed E-state index contributed by atoms with van der Waals surface area (Å²) in [5.41, 5.74) is 2.32. The van der Waals surface area contributed by atoms with Gasteiger partial charge in [-0.05, 0) is 33.4 Å². The van der Waals surface area contributed by atoms with Gasteiger partial charge in [0.05, 0.1) is 7.11 Å². The van der Waals surface area contributed by atoms with Crippen molar-refractivity contribution in [2.75, 3.05) is 14.2 Å². The second kappa shape index (κ2) is 6.40. The fraction of sp³-hybridized carbons (Fsp3) is 0.500. The Morgan fingerprint density at radius 1 is 1.47 bits per heavy atom. The van der Waals surface area contributed by atoms with Crippen LogP contribution in [0.25, 0.3) is 0 Å². The minimum absolute atomic E-state index is 0.161. The van der Waals surface area contributed by atoms with Gasteiger partial charge >= 0.3 is 0 Å². The first kappa shape index (κ1) is 13.7. The van der Waals surface area contributed by atoms with Crippen LogP contribution in [-0.2, 0) is 4.79 Å². The van der Waals surface area contributed by atoms with Crippen LogP contribution < -0.4 is 10.1 Å². The van der Waals surface area contributed by atoms with Gasteiger partial charge in [-0.15, -0.1) is 0 Å². The fourth-order valence-corrected chi connectivity index (χ4v) is 1.93. The summed E-state index contributed by atoms with van der Waals surface area (Å²) in [4.78, 5) is 11.1. The molecule has 0 aromatic heterocycles. The number of rotatable bonds is 6. The molecule has 0 bridgehead atoms. The van der Waals surface area contributed by atoms with Crippen LogP contribution in [-0.4, -0.2) is 19.9 Å². The number of benzene rings is 1. The van der Waals surface area contributed by atoms with E-state index in [-0.39, 0.29) is 11.8 Å². The lowest BCUT2D eigenvalue weighted by molar-refractivity contribution is -0.117. The number of hydrogen-bond acceptors (Lipinski definition) is 3. The highest BCUT2D eigenvalue weighted by Crippen LogP contribution is 2.28. The fourth-order valence-electron chi connectivity index (χ4n) is 1.93. The summed E-state index contributed by atoms with van der Waals surface area (Å²) >= 11 is 0. The summed E-state index contributed by atoms with van der Waals surface area (Å²) in [6.07, 6.45) is 1.38. The lowest BCUT2D eigenvalue weighted by Gasteiger charge is -2.19. The molecule has 17 heavy (non-hydrogen) atoms. The molecule has 0 saturated heterocycles. The van der Waals surface area contributed by atoms with E-state index in [0.717, 1.165) is 17.7 Å². The van der Waals surface area contributed by atoms with Crippen LogP contribution in [0.2, 0.25) is 0 Å². The van der Waals surface area contributed by atoms with E-state index in [4.69, 9.17) is 4.74 Å². The molecule has 1 atom stereocenters. The zero-order chi connectivity index (χ0) is 12.8. The number of aryl methyl sites for hydroxylation is 1. The maximum absolute atomic E-state index is 11.1. The lowest BCUT2D eigenvalue weighted by Crippen LogP contribution is -2.18. The van der Waals surface area contributed by atoms with Crippen LogP contribution in [0, 0.1) is 6.92 Å². The van der Waals surface area contributed by atoms with E-state index in [0.29, 0.717) is 6.42 Å². The Hall–Kier alpha value is -1.35. The second-order valence-corrected chi connectivity index (χ2v) is 4.33. The molecule has 0 radical (unpaired) electrons. The molecular weight excluding hydrogens is 214 g/mol. The molecule has 0 aliphatic rings. The highest BCUT2D eigenvalue weighted by molar-refractivity contribution is 5.75. The Morgan fingerprint density at radius 3 is 2.71 bits per heavy atom. The quantitative estimate of drug-likeness (QED) is 0.823. The Balaban J connectivity index is 2.93. The first-order valence-electron chi connectivity index (χ1n) is 5.89. The Labute approximate surface area is 103 Å². The van der Waals surface area contributed by atoms with Crippen molar-refractivity contribution in [3.8, 4) is 5.75 Å². The van der Waals surface area contributed by atoms with Gasteiger partial charge in [-0.1, -0.05) is 17.7 Å². The summed E-state index contributed by atoms with van der Waals surface area (Å²) < 4.78 is 5.37.